The second-order valence-electron chi connectivity index (χ2n) is 13.1. The first-order valence-electron chi connectivity index (χ1n) is 14.0. The summed E-state index contributed by atoms with van der Waals surface area (Å²) in [7, 11) is -1.26. The fourth-order valence-electron chi connectivity index (χ4n) is 3.44. The minimum absolute atomic E-state index is 0.193. The first-order chi connectivity index (χ1) is 17.8. The van der Waals surface area contributed by atoms with Crippen molar-refractivity contribution < 1.29 is 44.6 Å². The van der Waals surface area contributed by atoms with Gasteiger partial charge in [0.05, 0.1) is 51.9 Å². The third kappa shape index (κ3) is 12.4. The Morgan fingerprint density at radius 3 is 0.850 bits per heavy atom. The molecule has 0 aromatic carbocycles. The lowest BCUT2D eigenvalue weighted by Gasteiger charge is -2.37. The fraction of sp³-hybridized carbons (Fsp3) is 0.800. The second-order valence-corrected chi connectivity index (χ2v) is 13.1. The average molecular weight is 573 g/mol. The lowest BCUT2D eigenvalue weighted by Crippen LogP contribution is -2.49. The predicted molar refractivity (Wildman–Crippen MR) is 159 cm³/mol. The molecule has 9 nitrogen and oxygen atoms in total. The van der Waals surface area contributed by atoms with Gasteiger partial charge in [-0.15, -0.1) is 19.7 Å². The Labute approximate surface area is 242 Å². The molecule has 40 heavy (non-hydrogen) atoms. The highest BCUT2D eigenvalue weighted by atomic mass is 16.7. The summed E-state index contributed by atoms with van der Waals surface area (Å²) in [5.74, 6) is 0. The molecule has 0 aromatic heterocycles. The van der Waals surface area contributed by atoms with Crippen molar-refractivity contribution in [2.24, 2.45) is 0 Å². The van der Waals surface area contributed by atoms with Crippen molar-refractivity contribution in [2.75, 3.05) is 0 Å². The van der Waals surface area contributed by atoms with Crippen LogP contribution in [0.4, 0.5) is 0 Å². The Balaban J connectivity index is 5.82. The predicted octanol–water partition coefficient (Wildman–Crippen LogP) is 3.59. The normalized spacial score (nSPS) is 19.9. The van der Waals surface area contributed by atoms with Crippen LogP contribution in [-0.4, -0.2) is 89.9 Å². The van der Waals surface area contributed by atoms with Gasteiger partial charge < -0.3 is 44.6 Å². The zero-order chi connectivity index (χ0) is 31.8. The summed E-state index contributed by atoms with van der Waals surface area (Å²) < 4.78 is 18.3. The van der Waals surface area contributed by atoms with Crippen LogP contribution < -0.4 is 0 Å². The van der Waals surface area contributed by atoms with Crippen molar-refractivity contribution in [3.8, 4) is 0 Å². The standard InChI is InChI=1S/C30H57BO9/c1-13-22(16-19-28(10,35)25(4,5)32)38-31(39-23(14-2)17-20-29(11,36)26(6,7)33)40-24(15-3)18-21-30(12,37)27(8,9)34/h13-15,22-24,32-37H,1-3,16-21H2,4-12H3. The highest BCUT2D eigenvalue weighted by Crippen LogP contribution is 2.31. The molecule has 6 N–H and O–H groups in total. The molecule has 0 saturated heterocycles. The van der Waals surface area contributed by atoms with Gasteiger partial charge in [-0.1, -0.05) is 18.2 Å². The first kappa shape index (κ1) is 38.9. The lowest BCUT2D eigenvalue weighted by atomic mass is 9.83. The van der Waals surface area contributed by atoms with E-state index in [2.05, 4.69) is 19.7 Å². The van der Waals surface area contributed by atoms with Crippen LogP contribution in [0.25, 0.3) is 0 Å². The summed E-state index contributed by atoms with van der Waals surface area (Å²) in [6.07, 6.45) is 4.21. The largest absolute Gasteiger partial charge is 0.640 e. The van der Waals surface area contributed by atoms with Gasteiger partial charge in [0, 0.05) is 0 Å². The van der Waals surface area contributed by atoms with Gasteiger partial charge in [-0.25, -0.2) is 0 Å². The molecule has 0 saturated carbocycles. The van der Waals surface area contributed by atoms with Crippen LogP contribution in [0.1, 0.15) is 101 Å². The molecule has 0 radical (unpaired) electrons. The third-order valence-corrected chi connectivity index (χ3v) is 8.35. The van der Waals surface area contributed by atoms with Gasteiger partial charge in [0.1, 0.15) is 0 Å². The van der Waals surface area contributed by atoms with Crippen molar-refractivity contribution in [2.45, 2.75) is 153 Å². The molecule has 0 fully saturated rings. The molecule has 0 heterocycles. The minimum Gasteiger partial charge on any atom is -0.387 e. The van der Waals surface area contributed by atoms with Crippen LogP contribution in [0.15, 0.2) is 38.0 Å². The molecular weight excluding hydrogens is 515 g/mol. The molecule has 0 amide bonds. The molecule has 0 rings (SSSR count). The van der Waals surface area contributed by atoms with E-state index in [4.69, 9.17) is 14.0 Å². The smallest absolute Gasteiger partial charge is 0.387 e. The van der Waals surface area contributed by atoms with Gasteiger partial charge in [0.15, 0.2) is 0 Å². The molecule has 0 aliphatic carbocycles. The van der Waals surface area contributed by atoms with Crippen molar-refractivity contribution >= 4 is 7.32 Å². The van der Waals surface area contributed by atoms with Gasteiger partial charge in [-0.3, -0.25) is 0 Å². The number of hydrogen-bond acceptors (Lipinski definition) is 9. The first-order valence-corrected chi connectivity index (χ1v) is 14.0. The molecule has 0 bridgehead atoms. The fourth-order valence-corrected chi connectivity index (χ4v) is 3.44. The summed E-state index contributed by atoms with van der Waals surface area (Å²) >= 11 is 0. The van der Waals surface area contributed by atoms with E-state index in [1.165, 1.54) is 41.5 Å². The maximum absolute atomic E-state index is 10.7. The van der Waals surface area contributed by atoms with Crippen LogP contribution in [0.3, 0.4) is 0 Å². The molecule has 6 unspecified atom stereocenters. The maximum Gasteiger partial charge on any atom is 0.640 e. The van der Waals surface area contributed by atoms with Crippen LogP contribution >= 0.6 is 0 Å². The highest BCUT2D eigenvalue weighted by molar-refractivity contribution is 6.36. The van der Waals surface area contributed by atoms with Crippen LogP contribution in [0, 0.1) is 0 Å². The minimum atomic E-state index is -1.40. The van der Waals surface area contributed by atoms with Crippen LogP contribution in [0.2, 0.25) is 0 Å². The monoisotopic (exact) mass is 572 g/mol. The molecule has 6 atom stereocenters. The molecule has 0 aliphatic heterocycles. The Bertz CT molecular complexity index is 684. The molecule has 10 heteroatoms. The summed E-state index contributed by atoms with van der Waals surface area (Å²) in [5, 5.41) is 63.1. The van der Waals surface area contributed by atoms with E-state index in [9.17, 15) is 30.6 Å². The van der Waals surface area contributed by atoms with Gasteiger partial charge in [-0.2, -0.15) is 0 Å². The second kappa shape index (κ2) is 14.9. The zero-order valence-electron chi connectivity index (χ0n) is 26.3. The molecule has 234 valence electrons. The number of hydrogen-bond donors (Lipinski definition) is 6. The average Bonchev–Trinajstić information content (AvgIpc) is 2.79. The van der Waals surface area contributed by atoms with Gasteiger partial charge in [-0.05, 0) is 101 Å². The maximum atomic E-state index is 10.7. The molecule has 0 aromatic rings. The number of rotatable bonds is 21. The molecule has 0 spiro atoms. The zero-order valence-corrected chi connectivity index (χ0v) is 26.3. The summed E-state index contributed by atoms with van der Waals surface area (Å²) in [5.41, 5.74) is -8.22. The topological polar surface area (TPSA) is 149 Å². The van der Waals surface area contributed by atoms with Crippen molar-refractivity contribution in [3.05, 3.63) is 38.0 Å². The molecule has 0 aliphatic rings. The van der Waals surface area contributed by atoms with E-state index in [-0.39, 0.29) is 19.3 Å². The SMILES string of the molecule is C=CC(CCC(C)(O)C(C)(C)O)OB(OC(C=C)CCC(C)(O)C(C)(C)O)OC(C=C)CCC(C)(O)C(C)(C)O. The van der Waals surface area contributed by atoms with Crippen molar-refractivity contribution in [3.63, 3.8) is 0 Å². The van der Waals surface area contributed by atoms with Crippen molar-refractivity contribution in [1.82, 2.24) is 0 Å². The Morgan fingerprint density at radius 2 is 0.700 bits per heavy atom. The summed E-state index contributed by atoms with van der Waals surface area (Å²) in [4.78, 5) is 0. The summed E-state index contributed by atoms with van der Waals surface area (Å²) in [6.45, 7) is 25.3. The van der Waals surface area contributed by atoms with E-state index in [1.54, 1.807) is 39.0 Å². The Morgan fingerprint density at radius 1 is 0.500 bits per heavy atom. The Kier molecular flexibility index (Phi) is 14.5. The summed E-state index contributed by atoms with van der Waals surface area (Å²) in [6, 6.07) is 0. The number of aliphatic hydroxyl groups is 6. The quantitative estimate of drug-likeness (QED) is 0.0896. The Hall–Kier alpha value is -1.08. The molecular formula is C30H57BO9. The third-order valence-electron chi connectivity index (χ3n) is 8.35. The van der Waals surface area contributed by atoms with Gasteiger partial charge >= 0.3 is 7.32 Å². The van der Waals surface area contributed by atoms with Crippen LogP contribution in [-0.2, 0) is 14.0 Å². The van der Waals surface area contributed by atoms with E-state index >= 15 is 0 Å². The van der Waals surface area contributed by atoms with Gasteiger partial charge in [0.2, 0.25) is 0 Å². The van der Waals surface area contributed by atoms with E-state index in [0.29, 0.717) is 19.3 Å². The lowest BCUT2D eigenvalue weighted by molar-refractivity contribution is -0.129. The van der Waals surface area contributed by atoms with E-state index in [0.717, 1.165) is 0 Å². The van der Waals surface area contributed by atoms with E-state index in [1.807, 2.05) is 0 Å². The van der Waals surface area contributed by atoms with Gasteiger partial charge in [0.25, 0.3) is 0 Å². The van der Waals surface area contributed by atoms with E-state index < -0.39 is 59.2 Å². The highest BCUT2D eigenvalue weighted by Gasteiger charge is 2.41. The van der Waals surface area contributed by atoms with Crippen LogP contribution in [0.5, 0.6) is 0 Å². The van der Waals surface area contributed by atoms with Crippen molar-refractivity contribution in [1.29, 1.82) is 0 Å².